The maximum Gasteiger partial charge on any atom is 0.255 e. The van der Waals surface area contributed by atoms with Gasteiger partial charge in [0, 0.05) is 91.5 Å². The molecule has 4 N–H and O–H groups in total. The summed E-state index contributed by atoms with van der Waals surface area (Å²) in [6.45, 7) is 3.49. The average molecular weight is 931 g/mol. The van der Waals surface area contributed by atoms with Gasteiger partial charge in [0.2, 0.25) is 11.8 Å². The van der Waals surface area contributed by atoms with Gasteiger partial charge in [0.15, 0.2) is 11.2 Å². The van der Waals surface area contributed by atoms with E-state index < -0.39 is 40.6 Å². The van der Waals surface area contributed by atoms with Gasteiger partial charge in [-0.2, -0.15) is 0 Å². The monoisotopic (exact) mass is 930 g/mol. The van der Waals surface area contributed by atoms with Gasteiger partial charge in [-0.25, -0.2) is 18.7 Å². The molecular formula is C48H48F2N10O6S. The summed E-state index contributed by atoms with van der Waals surface area (Å²) in [6.07, 6.45) is 6.23. The van der Waals surface area contributed by atoms with E-state index in [4.69, 9.17) is 0 Å². The molecule has 12 rings (SSSR count). The number of halogens is 2. The Labute approximate surface area is 388 Å². The van der Waals surface area contributed by atoms with Crippen LogP contribution in [0.5, 0.6) is 0 Å². The third-order valence-corrected chi connectivity index (χ3v) is 15.3. The maximum atomic E-state index is 16.0. The molecule has 4 saturated heterocycles. The number of thiazole rings is 1. The Bertz CT molecular complexity index is 2810. The topological polar surface area (TPSA) is 185 Å². The van der Waals surface area contributed by atoms with Gasteiger partial charge in [-0.1, -0.05) is 12.1 Å². The molecular weight excluding hydrogens is 883 g/mol. The van der Waals surface area contributed by atoms with Crippen LogP contribution >= 0.6 is 11.3 Å². The number of anilines is 4. The minimum Gasteiger partial charge on any atom is -0.389 e. The number of amides is 5. The predicted molar refractivity (Wildman–Crippen MR) is 244 cm³/mol. The lowest BCUT2D eigenvalue weighted by Gasteiger charge is -2.50. The molecule has 0 radical (unpaired) electrons. The van der Waals surface area contributed by atoms with Crippen LogP contribution in [0.1, 0.15) is 71.9 Å². The number of piperidine rings is 3. The number of fused-ring (bicyclic) bond motifs is 4. The molecule has 7 aliphatic rings. The van der Waals surface area contributed by atoms with E-state index in [1.165, 1.54) is 28.4 Å². The van der Waals surface area contributed by atoms with Gasteiger partial charge in [-0.3, -0.25) is 34.6 Å². The number of imidazole rings is 1. The number of imide groups is 1. The Hall–Kier alpha value is -6.73. The molecule has 3 aromatic carbocycles. The van der Waals surface area contributed by atoms with Crippen molar-refractivity contribution in [3.05, 3.63) is 107 Å². The highest BCUT2D eigenvalue weighted by molar-refractivity contribution is 7.13. The van der Waals surface area contributed by atoms with E-state index >= 15 is 8.78 Å². The van der Waals surface area contributed by atoms with Gasteiger partial charge in [-0.05, 0) is 92.1 Å². The number of hydrogen-bond acceptors (Lipinski definition) is 12. The van der Waals surface area contributed by atoms with E-state index in [0.29, 0.717) is 98.3 Å². The number of benzene rings is 3. The summed E-state index contributed by atoms with van der Waals surface area (Å²) in [7, 11) is 0. The van der Waals surface area contributed by atoms with Gasteiger partial charge >= 0.3 is 0 Å². The van der Waals surface area contributed by atoms with E-state index in [1.54, 1.807) is 41.0 Å². The van der Waals surface area contributed by atoms with Crippen molar-refractivity contribution in [2.75, 3.05) is 59.7 Å². The second-order valence-corrected chi connectivity index (χ2v) is 19.5. The van der Waals surface area contributed by atoms with Crippen molar-refractivity contribution in [3.63, 3.8) is 0 Å². The highest BCUT2D eigenvalue weighted by Crippen LogP contribution is 2.45. The molecule has 67 heavy (non-hydrogen) atoms. The molecule has 6 aliphatic heterocycles. The van der Waals surface area contributed by atoms with Crippen LogP contribution in [0.2, 0.25) is 0 Å². The Morgan fingerprint density at radius 2 is 1.67 bits per heavy atom. The van der Waals surface area contributed by atoms with Gasteiger partial charge in [0.05, 0.1) is 36.3 Å². The maximum absolute atomic E-state index is 16.0. The van der Waals surface area contributed by atoms with Crippen molar-refractivity contribution in [2.24, 2.45) is 5.92 Å². The second-order valence-electron chi connectivity index (χ2n) is 18.6. The van der Waals surface area contributed by atoms with E-state index in [0.717, 1.165) is 30.8 Å². The molecule has 0 spiro atoms. The molecule has 5 amide bonds. The fourth-order valence-electron chi connectivity index (χ4n) is 10.7. The molecule has 1 aliphatic carbocycles. The van der Waals surface area contributed by atoms with Crippen molar-refractivity contribution in [1.82, 2.24) is 29.7 Å². The van der Waals surface area contributed by atoms with Gasteiger partial charge in [-0.15, -0.1) is 11.3 Å². The lowest BCUT2D eigenvalue weighted by atomic mass is 9.64. The third kappa shape index (κ3) is 7.76. The molecule has 1 atom stereocenters. The first-order chi connectivity index (χ1) is 32.3. The molecule has 346 valence electrons. The molecule has 5 aromatic rings. The van der Waals surface area contributed by atoms with Crippen LogP contribution in [0.3, 0.4) is 0 Å². The molecule has 8 heterocycles. The highest BCUT2D eigenvalue weighted by Gasteiger charge is 2.57. The Morgan fingerprint density at radius 1 is 0.896 bits per heavy atom. The summed E-state index contributed by atoms with van der Waals surface area (Å²) >= 11 is 1.26. The predicted octanol–water partition coefficient (Wildman–Crippen LogP) is 4.85. The number of carbonyl (C=O) groups excluding carboxylic acids is 5. The molecule has 2 aromatic heterocycles. The first-order valence-corrected chi connectivity index (χ1v) is 23.6. The number of aromatic nitrogens is 3. The lowest BCUT2D eigenvalue weighted by Crippen LogP contribution is -2.69. The summed E-state index contributed by atoms with van der Waals surface area (Å²) in [6, 6.07) is 14.4. The first kappa shape index (κ1) is 42.9. The molecule has 5 fully saturated rings. The normalized spacial score (nSPS) is 22.3. The van der Waals surface area contributed by atoms with Gasteiger partial charge in [0.1, 0.15) is 17.2 Å². The summed E-state index contributed by atoms with van der Waals surface area (Å²) in [5.41, 5.74) is 2.70. The van der Waals surface area contributed by atoms with Crippen molar-refractivity contribution in [2.45, 2.75) is 75.2 Å². The zero-order chi connectivity index (χ0) is 46.2. The molecule has 2 bridgehead atoms. The average Bonchev–Trinajstić information content (AvgIpc) is 4.13. The third-order valence-electron chi connectivity index (χ3n) is 14.6. The first-order valence-electron chi connectivity index (χ1n) is 22.7. The van der Waals surface area contributed by atoms with Gasteiger partial charge < -0.3 is 34.6 Å². The zero-order valence-corrected chi connectivity index (χ0v) is 37.3. The Morgan fingerprint density at radius 3 is 2.39 bits per heavy atom. The number of nitrogens with zero attached hydrogens (tertiary/aromatic N) is 7. The Kier molecular flexibility index (Phi) is 10.6. The smallest absolute Gasteiger partial charge is 0.255 e. The van der Waals surface area contributed by atoms with E-state index in [9.17, 15) is 29.1 Å². The number of carbonyl (C=O) groups is 5. The van der Waals surface area contributed by atoms with E-state index in [2.05, 4.69) is 30.8 Å². The van der Waals surface area contributed by atoms with Crippen molar-refractivity contribution >= 4 is 63.1 Å². The molecule has 16 nitrogen and oxygen atoms in total. The van der Waals surface area contributed by atoms with Gasteiger partial charge in [0.25, 0.3) is 17.7 Å². The minimum absolute atomic E-state index is 0.0297. The second kappa shape index (κ2) is 16.6. The summed E-state index contributed by atoms with van der Waals surface area (Å²) in [5.74, 6) is -2.90. The highest BCUT2D eigenvalue weighted by atomic mass is 32.1. The number of hydrogen-bond donors (Lipinski definition) is 4. The molecule has 1 saturated carbocycles. The van der Waals surface area contributed by atoms with E-state index in [1.807, 2.05) is 33.7 Å². The largest absolute Gasteiger partial charge is 0.389 e. The van der Waals surface area contributed by atoms with Crippen LogP contribution in [0.25, 0.3) is 11.1 Å². The fraction of sp³-hybridized carbons (Fsp3) is 0.396. The van der Waals surface area contributed by atoms with E-state index in [-0.39, 0.29) is 47.7 Å². The van der Waals surface area contributed by atoms with Crippen LogP contribution in [0.15, 0.2) is 72.5 Å². The van der Waals surface area contributed by atoms with Crippen LogP contribution < -0.4 is 25.8 Å². The number of nitrogens with one attached hydrogen (secondary N) is 3. The fourth-order valence-corrected chi connectivity index (χ4v) is 11.3. The number of aliphatic hydroxyl groups is 1. The van der Waals surface area contributed by atoms with Crippen LogP contribution in [-0.2, 0) is 38.7 Å². The quantitative estimate of drug-likeness (QED) is 0.133. The number of piperazine rings is 1. The minimum atomic E-state index is -1.22. The van der Waals surface area contributed by atoms with Crippen LogP contribution in [0, 0.1) is 17.6 Å². The standard InChI is InChI=1S/C48H48F2N10O6S/c49-35-21-29(20-33-34(35)26-60(44(33)64)41(43(63)54-46-51-11-19-67-46)40-38-2-1-12-59(38)27-52-40)28-3-6-32(7-4-28)56-15-17-58(18-16-56)39(61)25-47(66)9-13-57(14-10-47)37-8-5-31(22-36(37)50)55-48-23-30(24-48)42(62)53-45(48)65/h3-8,11,19-22,27,30,41,55,66H,1-2,9-10,12-18,23-26H2,(H,51,54,63)(H,53,62,65). The van der Waals surface area contributed by atoms with Crippen molar-refractivity contribution in [1.29, 1.82) is 0 Å². The van der Waals surface area contributed by atoms with Crippen LogP contribution in [0.4, 0.5) is 31.0 Å². The van der Waals surface area contributed by atoms with Crippen molar-refractivity contribution < 1.29 is 37.9 Å². The lowest BCUT2D eigenvalue weighted by molar-refractivity contribution is -0.149. The SMILES string of the molecule is O=C1NC(=O)C2(Nc3ccc(N4CCC(O)(CC(=O)N5CCN(c6ccc(-c7cc(F)c8c(c7)C(=O)N(C(C(=O)Nc7nccs7)c7ncn9c7CCC9)C8)cc6)CC5)CC4)c(F)c3)CC1C2. The summed E-state index contributed by atoms with van der Waals surface area (Å²) in [4.78, 5) is 81.8. The van der Waals surface area contributed by atoms with Crippen molar-refractivity contribution in [3.8, 4) is 11.1 Å². The zero-order valence-electron chi connectivity index (χ0n) is 36.5. The van der Waals surface area contributed by atoms with Crippen LogP contribution in [-0.4, -0.2) is 109 Å². The number of rotatable bonds is 11. The summed E-state index contributed by atoms with van der Waals surface area (Å²) in [5, 5.41) is 22.0. The number of aryl methyl sites for hydroxylation is 1. The molecule has 19 heteroatoms. The Balaban J connectivity index is 0.689. The molecule has 1 unspecified atom stereocenters. The summed E-state index contributed by atoms with van der Waals surface area (Å²) < 4.78 is 33.4.